The molecule has 1 aromatic rings. The van der Waals surface area contributed by atoms with Gasteiger partial charge in [0.2, 0.25) is 0 Å². The lowest BCUT2D eigenvalue weighted by Gasteiger charge is -2.18. The Labute approximate surface area is 115 Å². The maximum absolute atomic E-state index is 5.35. The van der Waals surface area contributed by atoms with E-state index in [1.165, 1.54) is 0 Å². The van der Waals surface area contributed by atoms with E-state index in [1.54, 1.807) is 7.11 Å². The zero-order chi connectivity index (χ0) is 14.1. The molecule has 108 valence electrons. The summed E-state index contributed by atoms with van der Waals surface area (Å²) in [7, 11) is 1.70. The summed E-state index contributed by atoms with van der Waals surface area (Å²) in [6.45, 7) is 11.8. The third-order valence-corrected chi connectivity index (χ3v) is 2.68. The number of hydrogen-bond donors (Lipinski definition) is 1. The van der Waals surface area contributed by atoms with Gasteiger partial charge in [0.05, 0.1) is 18.8 Å². The van der Waals surface area contributed by atoms with Crippen molar-refractivity contribution in [1.29, 1.82) is 0 Å². The van der Waals surface area contributed by atoms with Crippen LogP contribution < -0.4 is 5.32 Å². The molecule has 0 aliphatic rings. The van der Waals surface area contributed by atoms with Crippen molar-refractivity contribution in [1.82, 2.24) is 15.4 Å². The second kappa shape index (κ2) is 8.85. The number of rotatable bonds is 10. The molecule has 0 aliphatic carbocycles. The highest BCUT2D eigenvalue weighted by molar-refractivity contribution is 5.05. The van der Waals surface area contributed by atoms with E-state index in [-0.39, 0.29) is 0 Å². The smallest absolute Gasteiger partial charge is 0.151 e. The summed E-state index contributed by atoms with van der Waals surface area (Å²) >= 11 is 0. The summed E-state index contributed by atoms with van der Waals surface area (Å²) < 4.78 is 10.4. The number of methoxy groups -OCH3 is 1. The van der Waals surface area contributed by atoms with Crippen LogP contribution in [-0.2, 0) is 17.8 Å². The molecule has 0 bridgehead atoms. The summed E-state index contributed by atoms with van der Waals surface area (Å²) in [6, 6.07) is 2.44. The van der Waals surface area contributed by atoms with Gasteiger partial charge in [-0.15, -0.1) is 6.58 Å². The van der Waals surface area contributed by atoms with E-state index in [1.807, 2.05) is 12.1 Å². The first-order valence-electron chi connectivity index (χ1n) is 6.65. The van der Waals surface area contributed by atoms with Crippen LogP contribution in [0.15, 0.2) is 23.2 Å². The predicted octanol–water partition coefficient (Wildman–Crippen LogP) is 1.81. The van der Waals surface area contributed by atoms with Crippen molar-refractivity contribution >= 4 is 0 Å². The summed E-state index contributed by atoms with van der Waals surface area (Å²) in [5.41, 5.74) is 0.939. The topological polar surface area (TPSA) is 50.5 Å². The van der Waals surface area contributed by atoms with Gasteiger partial charge in [-0.25, -0.2) is 0 Å². The Bertz CT molecular complexity index is 363. The molecule has 1 heterocycles. The third-order valence-electron chi connectivity index (χ3n) is 2.68. The first-order chi connectivity index (χ1) is 9.15. The van der Waals surface area contributed by atoms with E-state index >= 15 is 0 Å². The van der Waals surface area contributed by atoms with Gasteiger partial charge in [-0.05, 0) is 0 Å². The van der Waals surface area contributed by atoms with E-state index in [0.717, 1.165) is 37.6 Å². The van der Waals surface area contributed by atoms with Crippen LogP contribution in [0.5, 0.6) is 0 Å². The molecule has 0 saturated carbocycles. The predicted molar refractivity (Wildman–Crippen MR) is 75.8 cm³/mol. The Balaban J connectivity index is 2.47. The van der Waals surface area contributed by atoms with E-state index < -0.39 is 0 Å². The van der Waals surface area contributed by atoms with Gasteiger partial charge in [-0.3, -0.25) is 4.90 Å². The quantitative estimate of drug-likeness (QED) is 0.655. The summed E-state index contributed by atoms with van der Waals surface area (Å²) in [4.78, 5) is 2.21. The molecule has 0 unspecified atom stereocenters. The lowest BCUT2D eigenvalue weighted by Crippen LogP contribution is -2.27. The normalized spacial score (nSPS) is 11.4. The molecule has 5 heteroatoms. The molecule has 0 aliphatic heterocycles. The Kier molecular flexibility index (Phi) is 7.40. The molecule has 0 aromatic carbocycles. The van der Waals surface area contributed by atoms with Crippen LogP contribution in [0.25, 0.3) is 0 Å². The molecule has 0 spiro atoms. The Hall–Kier alpha value is -1.17. The third kappa shape index (κ3) is 6.52. The zero-order valence-corrected chi connectivity index (χ0v) is 12.2. The van der Waals surface area contributed by atoms with E-state index in [2.05, 4.69) is 35.8 Å². The lowest BCUT2D eigenvalue weighted by atomic mass is 10.3. The van der Waals surface area contributed by atoms with Crippen molar-refractivity contribution < 1.29 is 9.26 Å². The lowest BCUT2D eigenvalue weighted by molar-refractivity contribution is 0.144. The number of ether oxygens (including phenoxy) is 1. The van der Waals surface area contributed by atoms with Gasteiger partial charge >= 0.3 is 0 Å². The monoisotopic (exact) mass is 267 g/mol. The number of hydrogen-bond acceptors (Lipinski definition) is 5. The van der Waals surface area contributed by atoms with Gasteiger partial charge in [0, 0.05) is 38.9 Å². The van der Waals surface area contributed by atoms with Crippen molar-refractivity contribution in [3.63, 3.8) is 0 Å². The minimum Gasteiger partial charge on any atom is -0.383 e. The Morgan fingerprint density at radius 3 is 3.00 bits per heavy atom. The molecule has 0 amide bonds. The summed E-state index contributed by atoms with van der Waals surface area (Å²) in [5, 5.41) is 7.38. The molecule has 19 heavy (non-hydrogen) atoms. The average Bonchev–Trinajstić information content (AvgIpc) is 2.81. The van der Waals surface area contributed by atoms with Crippen LogP contribution in [0, 0.1) is 0 Å². The van der Waals surface area contributed by atoms with Crippen molar-refractivity contribution in [2.24, 2.45) is 0 Å². The van der Waals surface area contributed by atoms with E-state index in [0.29, 0.717) is 12.6 Å². The van der Waals surface area contributed by atoms with Crippen LogP contribution in [0.1, 0.15) is 25.3 Å². The number of nitrogens with one attached hydrogen (secondary N) is 1. The van der Waals surface area contributed by atoms with Gasteiger partial charge in [0.1, 0.15) is 0 Å². The number of nitrogens with zero attached hydrogens (tertiary/aromatic N) is 2. The van der Waals surface area contributed by atoms with E-state index in [9.17, 15) is 0 Å². The van der Waals surface area contributed by atoms with Crippen molar-refractivity contribution in [3.8, 4) is 0 Å². The van der Waals surface area contributed by atoms with Gasteiger partial charge in [0.25, 0.3) is 0 Å². The highest BCUT2D eigenvalue weighted by atomic mass is 16.5. The van der Waals surface area contributed by atoms with Gasteiger partial charge in [-0.1, -0.05) is 25.1 Å². The minimum atomic E-state index is 0.444. The highest BCUT2D eigenvalue weighted by Crippen LogP contribution is 2.07. The average molecular weight is 267 g/mol. The molecule has 0 atom stereocenters. The first kappa shape index (κ1) is 15.9. The Morgan fingerprint density at radius 1 is 1.58 bits per heavy atom. The van der Waals surface area contributed by atoms with E-state index in [4.69, 9.17) is 9.26 Å². The van der Waals surface area contributed by atoms with Crippen molar-refractivity contribution in [2.75, 3.05) is 26.8 Å². The zero-order valence-electron chi connectivity index (χ0n) is 12.2. The second-order valence-corrected chi connectivity index (χ2v) is 4.84. The number of aromatic nitrogens is 1. The van der Waals surface area contributed by atoms with Gasteiger partial charge < -0.3 is 14.6 Å². The molecule has 1 aromatic heterocycles. The molecule has 0 radical (unpaired) electrons. The standard InChI is InChI=1S/C14H25N3O2/c1-5-6-17(7-8-18-4)11-14-9-13(16-19-14)10-15-12(2)3/h5,9,12,15H,1,6-8,10-11H2,2-4H3. The van der Waals surface area contributed by atoms with Crippen LogP contribution >= 0.6 is 0 Å². The Morgan fingerprint density at radius 2 is 2.37 bits per heavy atom. The van der Waals surface area contributed by atoms with Crippen LogP contribution in [0.3, 0.4) is 0 Å². The molecule has 0 saturated heterocycles. The summed E-state index contributed by atoms with van der Waals surface area (Å²) in [6.07, 6.45) is 1.88. The maximum Gasteiger partial charge on any atom is 0.151 e. The fourth-order valence-electron chi connectivity index (χ4n) is 1.68. The van der Waals surface area contributed by atoms with Crippen LogP contribution in [0.2, 0.25) is 0 Å². The molecule has 1 N–H and O–H groups in total. The van der Waals surface area contributed by atoms with Gasteiger partial charge in [0.15, 0.2) is 5.76 Å². The second-order valence-electron chi connectivity index (χ2n) is 4.84. The van der Waals surface area contributed by atoms with Crippen LogP contribution in [-0.4, -0.2) is 42.9 Å². The largest absolute Gasteiger partial charge is 0.383 e. The molecule has 0 fully saturated rings. The SMILES string of the molecule is C=CCN(CCOC)Cc1cc(CNC(C)C)no1. The highest BCUT2D eigenvalue weighted by Gasteiger charge is 2.09. The fourth-order valence-corrected chi connectivity index (χ4v) is 1.68. The maximum atomic E-state index is 5.35. The molecular weight excluding hydrogens is 242 g/mol. The molecule has 5 nitrogen and oxygen atoms in total. The molecule has 1 rings (SSSR count). The van der Waals surface area contributed by atoms with Crippen molar-refractivity contribution in [2.45, 2.75) is 33.0 Å². The minimum absolute atomic E-state index is 0.444. The summed E-state index contributed by atoms with van der Waals surface area (Å²) in [5.74, 6) is 0.874. The van der Waals surface area contributed by atoms with Crippen molar-refractivity contribution in [3.05, 3.63) is 30.2 Å². The molecular formula is C14H25N3O2. The van der Waals surface area contributed by atoms with Crippen LogP contribution in [0.4, 0.5) is 0 Å². The fraction of sp³-hybridized carbons (Fsp3) is 0.643. The first-order valence-corrected chi connectivity index (χ1v) is 6.65. The van der Waals surface area contributed by atoms with Gasteiger partial charge in [-0.2, -0.15) is 0 Å².